The molecule has 0 heterocycles. The van der Waals surface area contributed by atoms with E-state index >= 15 is 0 Å². The molecule has 0 radical (unpaired) electrons. The summed E-state index contributed by atoms with van der Waals surface area (Å²) in [6.45, 7) is -0.502. The van der Waals surface area contributed by atoms with Gasteiger partial charge in [0.1, 0.15) is 5.75 Å². The fraction of sp³-hybridized carbons (Fsp3) is 0.250. The summed E-state index contributed by atoms with van der Waals surface area (Å²) in [5.41, 5.74) is 0. The number of benzene rings is 1. The van der Waals surface area contributed by atoms with Crippen molar-refractivity contribution in [1.29, 1.82) is 0 Å². The minimum atomic E-state index is -2.23. The molecule has 14 heavy (non-hydrogen) atoms. The molecule has 6 heteroatoms. The first-order chi connectivity index (χ1) is 6.44. The van der Waals surface area contributed by atoms with Crippen LogP contribution in [0.15, 0.2) is 18.2 Å². The molecular formula is C8H9Cl2O2PS. The fourth-order valence-corrected chi connectivity index (χ4v) is 2.10. The van der Waals surface area contributed by atoms with Gasteiger partial charge in [-0.05, 0) is 30.0 Å². The van der Waals surface area contributed by atoms with Gasteiger partial charge in [0, 0.05) is 18.8 Å². The van der Waals surface area contributed by atoms with Gasteiger partial charge in [0.2, 0.25) is 6.49 Å². The normalized spacial score (nSPS) is 14.9. The van der Waals surface area contributed by atoms with Crippen LogP contribution in [-0.4, -0.2) is 13.8 Å². The van der Waals surface area contributed by atoms with Crippen LogP contribution in [0.5, 0.6) is 5.75 Å². The molecule has 2 nitrogen and oxygen atoms in total. The maximum atomic E-state index is 5.90. The van der Waals surface area contributed by atoms with Crippen LogP contribution in [0.25, 0.3) is 0 Å². The maximum absolute atomic E-state index is 5.90. The predicted octanol–water partition coefficient (Wildman–Crippen LogP) is 3.96. The van der Waals surface area contributed by atoms with Crippen LogP contribution in [0.4, 0.5) is 0 Å². The predicted molar refractivity (Wildman–Crippen MR) is 64.3 cm³/mol. The first-order valence-corrected chi connectivity index (χ1v) is 7.56. The van der Waals surface area contributed by atoms with E-state index in [1.807, 2.05) is 0 Å². The number of hydrogen-bond donors (Lipinski definition) is 0. The van der Waals surface area contributed by atoms with Crippen LogP contribution in [-0.2, 0) is 16.3 Å². The Kier molecular flexibility index (Phi) is 4.23. The Morgan fingerprint density at radius 2 is 2.00 bits per heavy atom. The van der Waals surface area contributed by atoms with Gasteiger partial charge in [-0.1, -0.05) is 23.2 Å². The topological polar surface area (TPSA) is 18.5 Å². The molecule has 1 aromatic carbocycles. The van der Waals surface area contributed by atoms with Crippen LogP contribution in [0, 0.1) is 0 Å². The highest BCUT2D eigenvalue weighted by molar-refractivity contribution is 8.09. The van der Waals surface area contributed by atoms with E-state index in [1.165, 1.54) is 7.11 Å². The van der Waals surface area contributed by atoms with E-state index in [-0.39, 0.29) is 0 Å². The zero-order valence-corrected chi connectivity index (χ0v) is 10.9. The van der Waals surface area contributed by atoms with Gasteiger partial charge >= 0.3 is 0 Å². The summed E-state index contributed by atoms with van der Waals surface area (Å²) in [4.78, 5) is 0. The molecule has 0 bridgehead atoms. The van der Waals surface area contributed by atoms with Gasteiger partial charge in [0.25, 0.3) is 0 Å². The molecular weight excluding hydrogens is 262 g/mol. The molecule has 0 amide bonds. The SMILES string of the molecule is COP(C)(=S)Oc1ccc(Cl)cc1Cl. The Morgan fingerprint density at radius 3 is 2.50 bits per heavy atom. The molecule has 0 N–H and O–H groups in total. The molecule has 1 aromatic rings. The lowest BCUT2D eigenvalue weighted by Gasteiger charge is -2.17. The van der Waals surface area contributed by atoms with Crippen molar-refractivity contribution in [2.24, 2.45) is 0 Å². The van der Waals surface area contributed by atoms with Gasteiger partial charge in [-0.25, -0.2) is 0 Å². The van der Waals surface area contributed by atoms with E-state index in [0.717, 1.165) is 0 Å². The second kappa shape index (κ2) is 4.82. The molecule has 0 aliphatic rings. The maximum Gasteiger partial charge on any atom is 0.234 e. The van der Waals surface area contributed by atoms with Gasteiger partial charge in [0.15, 0.2) is 0 Å². The van der Waals surface area contributed by atoms with Crippen molar-refractivity contribution in [3.8, 4) is 5.75 Å². The quantitative estimate of drug-likeness (QED) is 0.775. The highest BCUT2D eigenvalue weighted by Crippen LogP contribution is 2.46. The lowest BCUT2D eigenvalue weighted by molar-refractivity contribution is 0.398. The third-order valence-corrected chi connectivity index (χ3v) is 3.88. The number of halogens is 2. The van der Waals surface area contributed by atoms with Gasteiger partial charge < -0.3 is 9.05 Å². The number of hydrogen-bond acceptors (Lipinski definition) is 3. The Labute approximate surface area is 98.3 Å². The monoisotopic (exact) mass is 270 g/mol. The molecule has 0 saturated carbocycles. The average molecular weight is 271 g/mol. The van der Waals surface area contributed by atoms with Gasteiger partial charge in [0.05, 0.1) is 5.02 Å². The first-order valence-electron chi connectivity index (χ1n) is 3.72. The lowest BCUT2D eigenvalue weighted by Crippen LogP contribution is -1.93. The molecule has 0 fully saturated rings. The second-order valence-corrected chi connectivity index (χ2v) is 7.54. The highest BCUT2D eigenvalue weighted by atomic mass is 35.5. The van der Waals surface area contributed by atoms with Crippen molar-refractivity contribution in [3.05, 3.63) is 28.2 Å². The Hall–Kier alpha value is 0.210. The Balaban J connectivity index is 2.93. The molecule has 1 unspecified atom stereocenters. The number of rotatable bonds is 3. The summed E-state index contributed by atoms with van der Waals surface area (Å²) in [5, 5.41) is 0.995. The Morgan fingerprint density at radius 1 is 1.36 bits per heavy atom. The summed E-state index contributed by atoms with van der Waals surface area (Å²) in [6.07, 6.45) is 0. The van der Waals surface area contributed by atoms with Gasteiger partial charge in [-0.15, -0.1) is 0 Å². The second-order valence-electron chi connectivity index (χ2n) is 2.62. The molecule has 0 aliphatic carbocycles. The van der Waals surface area contributed by atoms with Crippen LogP contribution in [0.1, 0.15) is 0 Å². The summed E-state index contributed by atoms with van der Waals surface area (Å²) >= 11 is 16.7. The zero-order valence-electron chi connectivity index (χ0n) is 7.66. The molecule has 0 spiro atoms. The Bertz CT molecular complexity index is 384. The summed E-state index contributed by atoms with van der Waals surface area (Å²) in [7, 11) is 1.52. The van der Waals surface area contributed by atoms with Crippen LogP contribution < -0.4 is 4.52 Å². The minimum Gasteiger partial charge on any atom is -0.442 e. The van der Waals surface area contributed by atoms with Crippen molar-refractivity contribution in [1.82, 2.24) is 0 Å². The van der Waals surface area contributed by atoms with E-state index in [0.29, 0.717) is 15.8 Å². The van der Waals surface area contributed by atoms with E-state index in [4.69, 9.17) is 44.1 Å². The van der Waals surface area contributed by atoms with E-state index in [9.17, 15) is 0 Å². The van der Waals surface area contributed by atoms with Crippen molar-refractivity contribution in [3.63, 3.8) is 0 Å². The van der Waals surface area contributed by atoms with Crippen LogP contribution in [0.2, 0.25) is 10.0 Å². The van der Waals surface area contributed by atoms with E-state index in [2.05, 4.69) is 0 Å². The van der Waals surface area contributed by atoms with Crippen molar-refractivity contribution >= 4 is 41.5 Å². The largest absolute Gasteiger partial charge is 0.442 e. The zero-order chi connectivity index (χ0) is 10.8. The molecule has 1 atom stereocenters. The summed E-state index contributed by atoms with van der Waals surface area (Å²) in [6, 6.07) is 4.96. The van der Waals surface area contributed by atoms with Crippen molar-refractivity contribution in [2.45, 2.75) is 0 Å². The third kappa shape index (κ3) is 3.41. The van der Waals surface area contributed by atoms with Gasteiger partial charge in [-0.3, -0.25) is 0 Å². The molecule has 0 aliphatic heterocycles. The van der Waals surface area contributed by atoms with Crippen molar-refractivity contribution in [2.75, 3.05) is 13.8 Å². The average Bonchev–Trinajstić information content (AvgIpc) is 2.10. The van der Waals surface area contributed by atoms with Crippen molar-refractivity contribution < 1.29 is 9.05 Å². The lowest BCUT2D eigenvalue weighted by atomic mass is 10.3. The van der Waals surface area contributed by atoms with Crippen LogP contribution in [0.3, 0.4) is 0 Å². The summed E-state index contributed by atoms with van der Waals surface area (Å²) in [5.74, 6) is 0.503. The van der Waals surface area contributed by atoms with Gasteiger partial charge in [-0.2, -0.15) is 0 Å². The molecule has 0 saturated heterocycles. The smallest absolute Gasteiger partial charge is 0.234 e. The molecule has 78 valence electrons. The standard InChI is InChI=1S/C8H9Cl2O2PS/c1-11-13(2,14)12-8-4-3-6(9)5-7(8)10/h3-5H,1-2H3. The van der Waals surface area contributed by atoms with Crippen LogP contribution >= 0.6 is 29.7 Å². The third-order valence-electron chi connectivity index (χ3n) is 1.49. The van der Waals surface area contributed by atoms with E-state index < -0.39 is 6.49 Å². The highest BCUT2D eigenvalue weighted by Gasteiger charge is 2.13. The molecule has 1 rings (SSSR count). The first kappa shape index (κ1) is 12.3. The minimum absolute atomic E-state index is 0.436. The van der Waals surface area contributed by atoms with E-state index in [1.54, 1.807) is 24.9 Å². The summed E-state index contributed by atoms with van der Waals surface area (Å²) < 4.78 is 10.5. The fourth-order valence-electron chi connectivity index (χ4n) is 0.765. The molecule has 0 aromatic heterocycles.